The number of carbonyl (C=O) groups excluding carboxylic acids is 1. The van der Waals surface area contributed by atoms with Gasteiger partial charge in [0, 0.05) is 19.6 Å². The van der Waals surface area contributed by atoms with E-state index in [1.807, 2.05) is 6.08 Å². The van der Waals surface area contributed by atoms with Crippen molar-refractivity contribution in [2.24, 2.45) is 0 Å². The van der Waals surface area contributed by atoms with Gasteiger partial charge < -0.3 is 44.8 Å². The minimum atomic E-state index is -4.57. The van der Waals surface area contributed by atoms with E-state index in [9.17, 15) is 34.7 Å². The molecule has 6 N–H and O–H groups in total. The van der Waals surface area contributed by atoms with E-state index >= 15 is 0 Å². The number of hydrogen-bond donors (Lipinski definition) is 6. The van der Waals surface area contributed by atoms with Crippen LogP contribution in [-0.2, 0) is 32.6 Å². The minimum Gasteiger partial charge on any atom is -0.457 e. The molecule has 1 aliphatic heterocycles. The predicted octanol–water partition coefficient (Wildman–Crippen LogP) is 10.6. The molecule has 65 heavy (non-hydrogen) atoms. The van der Waals surface area contributed by atoms with Gasteiger partial charge in [-0.1, -0.05) is 184 Å². The molecule has 0 aromatic carbocycles. The summed E-state index contributed by atoms with van der Waals surface area (Å²) in [5, 5.41) is 42.7. The second-order valence-corrected chi connectivity index (χ2v) is 19.1. The number of phosphoric ester groups is 1. The van der Waals surface area contributed by atoms with Crippen LogP contribution < -0.4 is 5.32 Å². The van der Waals surface area contributed by atoms with Crippen LogP contribution in [0.1, 0.15) is 194 Å². The Morgan fingerprint density at radius 1 is 0.662 bits per heavy atom. The number of aliphatic hydroxyl groups excluding tert-OH is 3. The minimum absolute atomic E-state index is 0.00485. The molecule has 0 amide bonds. The highest BCUT2D eigenvalue weighted by atomic mass is 31.2. The molecule has 1 aliphatic rings. The van der Waals surface area contributed by atoms with E-state index in [2.05, 4.69) is 61.7 Å². The summed E-state index contributed by atoms with van der Waals surface area (Å²) in [5.41, 5.74) is 0. The van der Waals surface area contributed by atoms with Crippen LogP contribution in [-0.4, -0.2) is 108 Å². The first-order valence-corrected chi connectivity index (χ1v) is 27.1. The monoisotopic (exact) mass is 944 g/mol. The molecule has 1 saturated heterocycles. The first-order chi connectivity index (χ1) is 31.5. The number of aliphatic hydroxyl groups is 4. The molecular weight excluding hydrogens is 850 g/mol. The maximum absolute atomic E-state index is 12.8. The fourth-order valence-electron chi connectivity index (χ4n) is 7.37. The van der Waals surface area contributed by atoms with Crippen molar-refractivity contribution >= 4 is 13.8 Å². The molecule has 380 valence electrons. The van der Waals surface area contributed by atoms with Gasteiger partial charge in [-0.05, 0) is 51.4 Å². The van der Waals surface area contributed by atoms with Gasteiger partial charge in [0.15, 0.2) is 0 Å². The largest absolute Gasteiger partial charge is 0.472 e. The molecule has 1 rings (SSSR count). The second-order valence-electron chi connectivity index (χ2n) is 17.6. The van der Waals surface area contributed by atoms with Crippen LogP contribution in [0.15, 0.2) is 48.6 Å². The van der Waals surface area contributed by atoms with Crippen LogP contribution in [0.5, 0.6) is 0 Å². The first kappa shape index (κ1) is 61.3. The van der Waals surface area contributed by atoms with Crippen molar-refractivity contribution in [2.75, 3.05) is 46.1 Å². The van der Waals surface area contributed by atoms with E-state index in [1.165, 1.54) is 116 Å². The van der Waals surface area contributed by atoms with Gasteiger partial charge in [0.05, 0.1) is 33.0 Å². The summed E-state index contributed by atoms with van der Waals surface area (Å²) in [6.45, 7) is 3.45. The summed E-state index contributed by atoms with van der Waals surface area (Å²) in [7, 11) is -4.57. The quantitative estimate of drug-likeness (QED) is 0.0146. The Morgan fingerprint density at radius 3 is 1.68 bits per heavy atom. The first-order valence-electron chi connectivity index (χ1n) is 25.6. The van der Waals surface area contributed by atoms with E-state index in [1.54, 1.807) is 0 Å². The second kappa shape index (κ2) is 42.4. The van der Waals surface area contributed by atoms with Crippen molar-refractivity contribution in [3.05, 3.63) is 48.6 Å². The van der Waals surface area contributed by atoms with Gasteiger partial charge in [-0.25, -0.2) is 4.57 Å². The number of allylic oxidation sites excluding steroid dienone is 8. The molecule has 1 fully saturated rings. The van der Waals surface area contributed by atoms with Crippen molar-refractivity contribution in [1.29, 1.82) is 0 Å². The lowest BCUT2D eigenvalue weighted by Crippen LogP contribution is -2.64. The third-order valence-electron chi connectivity index (χ3n) is 11.5. The summed E-state index contributed by atoms with van der Waals surface area (Å²) < 4.78 is 39.5. The highest BCUT2D eigenvalue weighted by molar-refractivity contribution is 7.47. The van der Waals surface area contributed by atoms with Crippen LogP contribution in [0.2, 0.25) is 0 Å². The predicted molar refractivity (Wildman–Crippen MR) is 261 cm³/mol. The number of nitrogens with one attached hydrogen (secondary N) is 1. The fraction of sp³-hybridized carbons (Fsp3) is 0.824. The topological polar surface area (TPSA) is 193 Å². The molecule has 6 atom stereocenters. The molecule has 1 heterocycles. The summed E-state index contributed by atoms with van der Waals surface area (Å²) in [6.07, 6.45) is 44.0. The van der Waals surface area contributed by atoms with Gasteiger partial charge in [-0.15, -0.1) is 0 Å². The van der Waals surface area contributed by atoms with Gasteiger partial charge in [0.2, 0.25) is 5.79 Å². The van der Waals surface area contributed by atoms with E-state index in [-0.39, 0.29) is 39.3 Å². The maximum atomic E-state index is 12.8. The number of ether oxygens (including phenoxy) is 3. The molecule has 0 aromatic rings. The molecule has 13 nitrogen and oxygen atoms in total. The third kappa shape index (κ3) is 36.0. The van der Waals surface area contributed by atoms with Crippen molar-refractivity contribution < 1.29 is 57.9 Å². The smallest absolute Gasteiger partial charge is 0.457 e. The molecule has 0 spiro atoms. The zero-order valence-electron chi connectivity index (χ0n) is 40.7. The Hall–Kier alpha value is -1.74. The van der Waals surface area contributed by atoms with Crippen LogP contribution in [0, 0.1) is 0 Å². The molecule has 0 bridgehead atoms. The molecular formula is C51H94NO12P. The highest BCUT2D eigenvalue weighted by Crippen LogP contribution is 2.43. The summed E-state index contributed by atoms with van der Waals surface area (Å²) in [5.74, 6) is -2.62. The lowest BCUT2D eigenvalue weighted by molar-refractivity contribution is -0.317. The number of carbonyl (C=O) groups is 1. The van der Waals surface area contributed by atoms with Crippen LogP contribution >= 0.6 is 7.82 Å². The Bertz CT molecular complexity index is 1280. The molecule has 0 saturated carbocycles. The zero-order valence-corrected chi connectivity index (χ0v) is 41.6. The van der Waals surface area contributed by atoms with Crippen molar-refractivity contribution in [1.82, 2.24) is 5.32 Å². The molecule has 1 unspecified atom stereocenters. The van der Waals surface area contributed by atoms with Gasteiger partial charge >= 0.3 is 13.8 Å². The van der Waals surface area contributed by atoms with Crippen molar-refractivity contribution in [2.45, 2.75) is 224 Å². The van der Waals surface area contributed by atoms with Gasteiger partial charge in [0.1, 0.15) is 24.4 Å². The Kier molecular flexibility index (Phi) is 39.9. The standard InChI is InChI=1S/C51H94NO12P/c1-3-5-7-9-11-13-15-17-19-21-23-25-27-29-31-33-35-37-40-60-42-46(43-63-65(58,59)62-41-39-52-45-51(57)50(56)49(55)47(53)44-61-51)64-48(54)38-36-34-32-30-28-26-24-22-20-18-16-14-12-10-8-6-4-2/h12,14,18,20,24,26,30,32,46-47,49-50,52-53,55-57H,3-11,13,15-17,19,21-23,25,27-29,31,33-45H2,1-2H3,(H,58,59)/b14-12-,20-18-,26-24-,32-30-/t46-,47-,49-,50+,51-/m1/s1. The zero-order chi connectivity index (χ0) is 47.5. The normalized spacial score (nSPS) is 20.8. The number of unbranched alkanes of at least 4 members (excludes halogenated alkanes) is 21. The Morgan fingerprint density at radius 2 is 1.14 bits per heavy atom. The number of phosphoric acid groups is 1. The van der Waals surface area contributed by atoms with E-state index in [0.29, 0.717) is 19.4 Å². The maximum Gasteiger partial charge on any atom is 0.472 e. The van der Waals surface area contributed by atoms with Crippen LogP contribution in [0.4, 0.5) is 0 Å². The van der Waals surface area contributed by atoms with Gasteiger partial charge in [-0.2, -0.15) is 0 Å². The summed E-state index contributed by atoms with van der Waals surface area (Å²) in [6, 6.07) is 0. The van der Waals surface area contributed by atoms with E-state index in [4.69, 9.17) is 23.3 Å². The van der Waals surface area contributed by atoms with E-state index in [0.717, 1.165) is 44.9 Å². The molecule has 0 aromatic heterocycles. The Labute approximate surface area is 394 Å². The third-order valence-corrected chi connectivity index (χ3v) is 12.5. The summed E-state index contributed by atoms with van der Waals surface area (Å²) in [4.78, 5) is 23.1. The van der Waals surface area contributed by atoms with Crippen LogP contribution in [0.3, 0.4) is 0 Å². The van der Waals surface area contributed by atoms with Gasteiger partial charge in [-0.3, -0.25) is 13.8 Å². The van der Waals surface area contributed by atoms with Crippen LogP contribution in [0.25, 0.3) is 0 Å². The lowest BCUT2D eigenvalue weighted by atomic mass is 9.97. The number of hydrogen-bond acceptors (Lipinski definition) is 12. The summed E-state index contributed by atoms with van der Waals surface area (Å²) >= 11 is 0. The number of esters is 1. The Balaban J connectivity index is 2.37. The molecule has 0 aliphatic carbocycles. The van der Waals surface area contributed by atoms with Gasteiger partial charge in [0.25, 0.3) is 0 Å². The van der Waals surface area contributed by atoms with Crippen molar-refractivity contribution in [3.63, 3.8) is 0 Å². The lowest BCUT2D eigenvalue weighted by Gasteiger charge is -2.41. The average Bonchev–Trinajstić information content (AvgIpc) is 3.29. The highest BCUT2D eigenvalue weighted by Gasteiger charge is 2.48. The average molecular weight is 944 g/mol. The van der Waals surface area contributed by atoms with E-state index < -0.39 is 50.6 Å². The molecule has 0 radical (unpaired) electrons. The number of rotatable bonds is 45. The SMILES string of the molecule is CCCCC/C=C\C/C=C\C/C=C\C/C=C\CCCC(=O)O[C@H](COCCCCCCCCCCCCCCCCCCCC)COP(=O)(O)OCCNC[C@@]1(O)OC[C@@H](O)[C@@H](O)[C@@H]1O. The molecule has 14 heteroatoms. The van der Waals surface area contributed by atoms with Crippen molar-refractivity contribution in [3.8, 4) is 0 Å². The fourth-order valence-corrected chi connectivity index (χ4v) is 8.12.